The first kappa shape index (κ1) is 20.1. The van der Waals surface area contributed by atoms with Gasteiger partial charge in [-0.2, -0.15) is 5.10 Å². The molecule has 4 aromatic heterocycles. The molecule has 0 spiro atoms. The van der Waals surface area contributed by atoms with E-state index >= 15 is 0 Å². The van der Waals surface area contributed by atoms with Gasteiger partial charge < -0.3 is 5.32 Å². The molecular weight excluding hydrogens is 448 g/mol. The van der Waals surface area contributed by atoms with Crippen LogP contribution in [0.4, 0.5) is 0 Å². The fourth-order valence-electron chi connectivity index (χ4n) is 3.37. The Morgan fingerprint density at radius 3 is 2.75 bits per heavy atom. The number of H-pyrrole nitrogens is 2. The van der Waals surface area contributed by atoms with Gasteiger partial charge in [-0.1, -0.05) is 17.7 Å². The van der Waals surface area contributed by atoms with Gasteiger partial charge in [0.1, 0.15) is 0 Å². The topological polar surface area (TPSA) is 100 Å². The zero-order valence-electron chi connectivity index (χ0n) is 16.6. The van der Waals surface area contributed by atoms with Gasteiger partial charge in [-0.3, -0.25) is 29.0 Å². The third kappa shape index (κ3) is 3.91. The zero-order chi connectivity index (χ0) is 22.1. The van der Waals surface area contributed by atoms with E-state index in [1.54, 1.807) is 35.2 Å². The minimum absolute atomic E-state index is 0.108. The van der Waals surface area contributed by atoms with Crippen molar-refractivity contribution in [1.29, 1.82) is 0 Å². The highest BCUT2D eigenvalue weighted by Crippen LogP contribution is 2.28. The highest BCUT2D eigenvalue weighted by atomic mass is 35.5. The Kier molecular flexibility index (Phi) is 5.26. The number of hydrogen-bond donors (Lipinski definition) is 3. The van der Waals surface area contributed by atoms with Gasteiger partial charge in [-0.05, 0) is 42.5 Å². The molecule has 0 aliphatic rings. The maximum atomic E-state index is 12.2. The van der Waals surface area contributed by atoms with E-state index in [9.17, 15) is 9.59 Å². The van der Waals surface area contributed by atoms with Crippen molar-refractivity contribution in [3.63, 3.8) is 0 Å². The average molecular weight is 465 g/mol. The molecule has 10 heteroatoms. The van der Waals surface area contributed by atoms with Crippen LogP contribution in [0.15, 0.2) is 78.0 Å². The first-order valence-electron chi connectivity index (χ1n) is 9.70. The Bertz CT molecular complexity index is 1430. The van der Waals surface area contributed by atoms with Gasteiger partial charge in [-0.15, -0.1) is 11.3 Å². The molecule has 0 saturated heterocycles. The molecule has 0 atom stereocenters. The lowest BCUT2D eigenvalue weighted by atomic mass is 10.1. The van der Waals surface area contributed by atoms with Crippen molar-refractivity contribution in [1.82, 2.24) is 29.9 Å². The molecule has 0 unspecified atom stereocenters. The maximum Gasteiger partial charge on any atom is 0.261 e. The monoisotopic (exact) mass is 464 g/mol. The third-order valence-electron chi connectivity index (χ3n) is 4.92. The molecule has 32 heavy (non-hydrogen) atoms. The predicted molar refractivity (Wildman–Crippen MR) is 124 cm³/mol. The summed E-state index contributed by atoms with van der Waals surface area (Å²) in [7, 11) is 0. The summed E-state index contributed by atoms with van der Waals surface area (Å²) in [6.45, 7) is 0.363. The van der Waals surface area contributed by atoms with Crippen LogP contribution in [0.25, 0.3) is 22.6 Å². The maximum absolute atomic E-state index is 12.2. The third-order valence-corrected chi connectivity index (χ3v) is 6.15. The van der Waals surface area contributed by atoms with Crippen LogP contribution < -0.4 is 10.9 Å². The van der Waals surface area contributed by atoms with Crippen LogP contribution in [-0.2, 0) is 6.54 Å². The number of aromatic nitrogens is 5. The number of benzene rings is 1. The molecule has 0 fully saturated rings. The summed E-state index contributed by atoms with van der Waals surface area (Å²) in [5.41, 5.74) is 4.06. The molecule has 0 aliphatic carbocycles. The van der Waals surface area contributed by atoms with Crippen molar-refractivity contribution in [3.05, 3.63) is 98.4 Å². The van der Waals surface area contributed by atoms with Crippen LogP contribution in [0, 0.1) is 0 Å². The van der Waals surface area contributed by atoms with E-state index in [0.29, 0.717) is 15.8 Å². The second kappa shape index (κ2) is 8.37. The quantitative estimate of drug-likeness (QED) is 0.354. The molecule has 1 aromatic carbocycles. The van der Waals surface area contributed by atoms with Crippen LogP contribution in [0.5, 0.6) is 0 Å². The minimum Gasteiger partial charge on any atom is -0.346 e. The number of carbonyl (C=O) groups excluding carboxylic acids is 1. The van der Waals surface area contributed by atoms with Gasteiger partial charge in [0.15, 0.2) is 0 Å². The lowest BCUT2D eigenvalue weighted by Gasteiger charge is -2.19. The van der Waals surface area contributed by atoms with E-state index in [-0.39, 0.29) is 11.5 Å². The van der Waals surface area contributed by atoms with Crippen molar-refractivity contribution < 1.29 is 4.79 Å². The Balaban J connectivity index is 1.40. The standard InChI is InChI=1S/C22H17ClN6O2S/c23-20-7-6-19(32-20)22(31)24-12-14-13-29(27-14)18-5-4-15(28-10-2-1-3-21(28)30)11-16(18)17-8-9-25-26-17/h1-11,13,27H,12H2,(H,24,31)(H,25,26). The normalized spacial score (nSPS) is 11.0. The summed E-state index contributed by atoms with van der Waals surface area (Å²) < 4.78 is 4.02. The van der Waals surface area contributed by atoms with Gasteiger partial charge >= 0.3 is 0 Å². The lowest BCUT2D eigenvalue weighted by Crippen LogP contribution is -2.25. The van der Waals surface area contributed by atoms with Crippen LogP contribution in [-0.4, -0.2) is 30.5 Å². The van der Waals surface area contributed by atoms with Crippen LogP contribution in [0.2, 0.25) is 4.34 Å². The number of aromatic amines is 2. The molecule has 4 heterocycles. The first-order chi connectivity index (χ1) is 15.6. The number of halogens is 1. The fraction of sp³-hybridized carbons (Fsp3) is 0.0455. The number of carbonyl (C=O) groups is 1. The predicted octanol–water partition coefficient (Wildman–Crippen LogP) is 3.99. The molecule has 1 amide bonds. The largest absolute Gasteiger partial charge is 0.346 e. The molecular formula is C22H17ClN6O2S. The Morgan fingerprint density at radius 2 is 2.03 bits per heavy atom. The SMILES string of the molecule is O=C(NCc1cn(-c2ccc(-n3ccccc3=O)cc2-c2ccn[nH]2)[nH]1)c1ccc(Cl)s1. The Labute approximate surface area is 191 Å². The van der Waals surface area contributed by atoms with Crippen molar-refractivity contribution in [2.45, 2.75) is 6.54 Å². The fourth-order valence-corrected chi connectivity index (χ4v) is 4.33. The number of nitrogens with one attached hydrogen (secondary N) is 3. The van der Waals surface area contributed by atoms with E-state index < -0.39 is 0 Å². The molecule has 0 aliphatic heterocycles. The van der Waals surface area contributed by atoms with Crippen molar-refractivity contribution in [2.75, 3.05) is 0 Å². The van der Waals surface area contributed by atoms with Crippen molar-refractivity contribution in [2.24, 2.45) is 0 Å². The van der Waals surface area contributed by atoms with E-state index in [2.05, 4.69) is 20.6 Å². The Morgan fingerprint density at radius 1 is 1.16 bits per heavy atom. The van der Waals surface area contributed by atoms with E-state index in [4.69, 9.17) is 11.6 Å². The molecule has 5 rings (SSSR count). The van der Waals surface area contributed by atoms with Crippen molar-refractivity contribution >= 4 is 28.8 Å². The number of amides is 1. The van der Waals surface area contributed by atoms with Gasteiger partial charge in [0.25, 0.3) is 11.5 Å². The summed E-state index contributed by atoms with van der Waals surface area (Å²) >= 11 is 7.13. The summed E-state index contributed by atoms with van der Waals surface area (Å²) in [5, 5.41) is 13.1. The molecule has 0 bridgehead atoms. The number of nitrogens with zero attached hydrogens (tertiary/aromatic N) is 3. The second-order valence-electron chi connectivity index (χ2n) is 7.00. The van der Waals surface area contributed by atoms with E-state index in [1.165, 1.54) is 17.4 Å². The van der Waals surface area contributed by atoms with E-state index in [1.807, 2.05) is 41.2 Å². The summed E-state index contributed by atoms with van der Waals surface area (Å²) in [4.78, 5) is 25.0. The highest BCUT2D eigenvalue weighted by Gasteiger charge is 2.14. The summed E-state index contributed by atoms with van der Waals surface area (Å²) in [6.07, 6.45) is 5.32. The number of hydrogen-bond acceptors (Lipinski definition) is 4. The van der Waals surface area contributed by atoms with Gasteiger partial charge in [-0.25, -0.2) is 0 Å². The zero-order valence-corrected chi connectivity index (χ0v) is 18.2. The lowest BCUT2D eigenvalue weighted by molar-refractivity contribution is 0.0954. The number of rotatable bonds is 6. The Hall–Kier alpha value is -3.82. The number of pyridine rings is 1. The van der Waals surface area contributed by atoms with Crippen molar-refractivity contribution in [3.8, 4) is 22.6 Å². The molecule has 5 aromatic rings. The average Bonchev–Trinajstić information content (AvgIpc) is 3.45. The summed E-state index contributed by atoms with van der Waals surface area (Å²) in [5.74, 6) is -0.168. The molecule has 3 N–H and O–H groups in total. The summed E-state index contributed by atoms with van der Waals surface area (Å²) in [6, 6.07) is 16.1. The highest BCUT2D eigenvalue weighted by molar-refractivity contribution is 7.17. The van der Waals surface area contributed by atoms with Crippen LogP contribution in [0.3, 0.4) is 0 Å². The number of thiophene rings is 1. The van der Waals surface area contributed by atoms with Gasteiger partial charge in [0, 0.05) is 35.9 Å². The first-order valence-corrected chi connectivity index (χ1v) is 10.9. The molecule has 0 radical (unpaired) electrons. The minimum atomic E-state index is -0.168. The molecule has 0 saturated carbocycles. The van der Waals surface area contributed by atoms with Gasteiger partial charge in [0.05, 0.1) is 32.8 Å². The van der Waals surface area contributed by atoms with E-state index in [0.717, 1.165) is 28.3 Å². The van der Waals surface area contributed by atoms with Crippen LogP contribution >= 0.6 is 22.9 Å². The van der Waals surface area contributed by atoms with Gasteiger partial charge in [0.2, 0.25) is 0 Å². The molecule has 8 nitrogen and oxygen atoms in total. The van der Waals surface area contributed by atoms with Crippen LogP contribution in [0.1, 0.15) is 15.4 Å². The second-order valence-corrected chi connectivity index (χ2v) is 8.72. The molecule has 160 valence electrons. The smallest absolute Gasteiger partial charge is 0.261 e.